The van der Waals surface area contributed by atoms with Gasteiger partial charge in [0, 0.05) is 12.6 Å². The van der Waals surface area contributed by atoms with Crippen LogP contribution in [0.5, 0.6) is 0 Å². The summed E-state index contributed by atoms with van der Waals surface area (Å²) >= 11 is 0. The van der Waals surface area contributed by atoms with Gasteiger partial charge in [0.15, 0.2) is 0 Å². The van der Waals surface area contributed by atoms with E-state index in [9.17, 15) is 0 Å². The lowest BCUT2D eigenvalue weighted by molar-refractivity contribution is 0.118. The highest BCUT2D eigenvalue weighted by atomic mass is 15.2. The SMILES string of the molecule is CCCC1CCCCN1CC(C)CCCN. The van der Waals surface area contributed by atoms with Crippen molar-refractivity contribution < 1.29 is 0 Å². The third-order valence-electron chi connectivity index (χ3n) is 3.82. The lowest BCUT2D eigenvalue weighted by atomic mass is 9.95. The number of rotatable bonds is 7. The van der Waals surface area contributed by atoms with Crippen LogP contribution in [0, 0.1) is 5.92 Å². The van der Waals surface area contributed by atoms with Crippen molar-refractivity contribution in [2.24, 2.45) is 11.7 Å². The molecule has 0 saturated carbocycles. The van der Waals surface area contributed by atoms with E-state index in [2.05, 4.69) is 18.7 Å². The number of nitrogens with zero attached hydrogens (tertiary/aromatic N) is 1. The Hall–Kier alpha value is -0.0800. The molecule has 1 rings (SSSR count). The fourth-order valence-electron chi connectivity index (χ4n) is 2.92. The van der Waals surface area contributed by atoms with Gasteiger partial charge in [-0.1, -0.05) is 26.7 Å². The first-order valence-electron chi connectivity index (χ1n) is 7.22. The molecule has 96 valence electrons. The highest BCUT2D eigenvalue weighted by molar-refractivity contribution is 4.77. The van der Waals surface area contributed by atoms with Gasteiger partial charge in [-0.05, 0) is 51.1 Å². The first-order valence-corrected chi connectivity index (χ1v) is 7.22. The summed E-state index contributed by atoms with van der Waals surface area (Å²) in [4.78, 5) is 2.74. The lowest BCUT2D eigenvalue weighted by Crippen LogP contribution is -2.41. The van der Waals surface area contributed by atoms with Gasteiger partial charge >= 0.3 is 0 Å². The van der Waals surface area contributed by atoms with Crippen LogP contribution in [-0.4, -0.2) is 30.6 Å². The van der Waals surface area contributed by atoms with E-state index in [1.165, 1.54) is 58.0 Å². The lowest BCUT2D eigenvalue weighted by Gasteiger charge is -2.37. The van der Waals surface area contributed by atoms with Crippen LogP contribution >= 0.6 is 0 Å². The molecule has 1 heterocycles. The third-order valence-corrected chi connectivity index (χ3v) is 3.82. The molecule has 0 bridgehead atoms. The summed E-state index contributed by atoms with van der Waals surface area (Å²) in [6.07, 6.45) is 9.49. The molecule has 0 aliphatic carbocycles. The van der Waals surface area contributed by atoms with Gasteiger partial charge in [-0.25, -0.2) is 0 Å². The van der Waals surface area contributed by atoms with E-state index in [1.807, 2.05) is 0 Å². The highest BCUT2D eigenvalue weighted by Gasteiger charge is 2.22. The molecule has 0 radical (unpaired) electrons. The molecule has 0 aromatic heterocycles. The second kappa shape index (κ2) is 8.08. The van der Waals surface area contributed by atoms with E-state index in [0.717, 1.165) is 18.5 Å². The molecule has 2 heteroatoms. The van der Waals surface area contributed by atoms with Crippen molar-refractivity contribution in [3.8, 4) is 0 Å². The molecule has 2 nitrogen and oxygen atoms in total. The molecule has 1 aliphatic heterocycles. The van der Waals surface area contributed by atoms with Crippen LogP contribution in [-0.2, 0) is 0 Å². The molecule has 0 aromatic carbocycles. The summed E-state index contributed by atoms with van der Waals surface area (Å²) in [7, 11) is 0. The van der Waals surface area contributed by atoms with Crippen molar-refractivity contribution in [1.82, 2.24) is 4.90 Å². The van der Waals surface area contributed by atoms with E-state index in [4.69, 9.17) is 5.73 Å². The molecule has 1 fully saturated rings. The smallest absolute Gasteiger partial charge is 0.00952 e. The minimum atomic E-state index is 0.820. The van der Waals surface area contributed by atoms with Gasteiger partial charge in [0.1, 0.15) is 0 Å². The molecule has 1 saturated heterocycles. The van der Waals surface area contributed by atoms with Crippen molar-refractivity contribution in [1.29, 1.82) is 0 Å². The summed E-state index contributed by atoms with van der Waals surface area (Å²) in [6, 6.07) is 0.874. The van der Waals surface area contributed by atoms with Crippen LogP contribution in [0.4, 0.5) is 0 Å². The summed E-state index contributed by atoms with van der Waals surface area (Å²) in [5.74, 6) is 0.820. The maximum atomic E-state index is 5.57. The molecular weight excluding hydrogens is 196 g/mol. The van der Waals surface area contributed by atoms with Gasteiger partial charge < -0.3 is 10.6 Å². The second-order valence-corrected chi connectivity index (χ2v) is 5.47. The van der Waals surface area contributed by atoms with Gasteiger partial charge in [-0.15, -0.1) is 0 Å². The Morgan fingerprint density at radius 2 is 2.19 bits per heavy atom. The number of likely N-dealkylation sites (tertiary alicyclic amines) is 1. The van der Waals surface area contributed by atoms with Gasteiger partial charge in [0.05, 0.1) is 0 Å². The fraction of sp³-hybridized carbons (Fsp3) is 1.00. The van der Waals surface area contributed by atoms with Crippen molar-refractivity contribution >= 4 is 0 Å². The molecule has 2 N–H and O–H groups in total. The normalized spacial score (nSPS) is 24.6. The number of hydrogen-bond acceptors (Lipinski definition) is 2. The van der Waals surface area contributed by atoms with Crippen LogP contribution in [0.3, 0.4) is 0 Å². The monoisotopic (exact) mass is 226 g/mol. The highest BCUT2D eigenvalue weighted by Crippen LogP contribution is 2.22. The summed E-state index contributed by atoms with van der Waals surface area (Å²) in [5.41, 5.74) is 5.57. The van der Waals surface area contributed by atoms with Crippen molar-refractivity contribution in [3.05, 3.63) is 0 Å². The standard InChI is InChI=1S/C14H30N2/c1-3-7-14-9-4-5-11-16(14)12-13(2)8-6-10-15/h13-14H,3-12,15H2,1-2H3. The van der Waals surface area contributed by atoms with Crippen molar-refractivity contribution in [2.45, 2.75) is 64.8 Å². The fourth-order valence-corrected chi connectivity index (χ4v) is 2.92. The van der Waals surface area contributed by atoms with Gasteiger partial charge in [0.25, 0.3) is 0 Å². The Morgan fingerprint density at radius 3 is 2.88 bits per heavy atom. The van der Waals surface area contributed by atoms with Crippen LogP contribution < -0.4 is 5.73 Å². The Labute approximate surface area is 102 Å². The Kier molecular flexibility index (Phi) is 7.06. The predicted octanol–water partition coefficient (Wildman–Crippen LogP) is 3.02. The van der Waals surface area contributed by atoms with Crippen LogP contribution in [0.1, 0.15) is 58.8 Å². The Balaban J connectivity index is 2.30. The molecule has 0 spiro atoms. The molecule has 2 atom stereocenters. The summed E-state index contributed by atoms with van der Waals surface area (Å²) in [5, 5.41) is 0. The second-order valence-electron chi connectivity index (χ2n) is 5.47. The van der Waals surface area contributed by atoms with Crippen molar-refractivity contribution in [3.63, 3.8) is 0 Å². The minimum absolute atomic E-state index is 0.820. The molecule has 0 amide bonds. The van der Waals surface area contributed by atoms with Crippen LogP contribution in [0.25, 0.3) is 0 Å². The van der Waals surface area contributed by atoms with E-state index < -0.39 is 0 Å². The van der Waals surface area contributed by atoms with Crippen LogP contribution in [0.15, 0.2) is 0 Å². The summed E-state index contributed by atoms with van der Waals surface area (Å²) < 4.78 is 0. The van der Waals surface area contributed by atoms with E-state index >= 15 is 0 Å². The average molecular weight is 226 g/mol. The predicted molar refractivity (Wildman–Crippen MR) is 71.6 cm³/mol. The average Bonchev–Trinajstić information content (AvgIpc) is 2.29. The zero-order chi connectivity index (χ0) is 11.8. The van der Waals surface area contributed by atoms with E-state index in [-0.39, 0.29) is 0 Å². The molecular formula is C14H30N2. The number of hydrogen-bond donors (Lipinski definition) is 1. The van der Waals surface area contributed by atoms with Gasteiger partial charge in [0.2, 0.25) is 0 Å². The molecule has 0 aromatic rings. The van der Waals surface area contributed by atoms with Gasteiger partial charge in [-0.2, -0.15) is 0 Å². The maximum absolute atomic E-state index is 5.57. The zero-order valence-electron chi connectivity index (χ0n) is 11.3. The van der Waals surface area contributed by atoms with Gasteiger partial charge in [-0.3, -0.25) is 0 Å². The Bertz CT molecular complexity index is 168. The molecule has 2 unspecified atom stereocenters. The largest absolute Gasteiger partial charge is 0.330 e. The maximum Gasteiger partial charge on any atom is 0.00952 e. The Morgan fingerprint density at radius 1 is 1.38 bits per heavy atom. The molecule has 1 aliphatic rings. The first kappa shape index (κ1) is 14.0. The van der Waals surface area contributed by atoms with E-state index in [0.29, 0.717) is 0 Å². The topological polar surface area (TPSA) is 29.3 Å². The number of nitrogens with two attached hydrogens (primary N) is 1. The van der Waals surface area contributed by atoms with Crippen LogP contribution in [0.2, 0.25) is 0 Å². The number of piperidine rings is 1. The summed E-state index contributed by atoms with van der Waals surface area (Å²) in [6.45, 7) is 8.17. The third kappa shape index (κ3) is 4.84. The minimum Gasteiger partial charge on any atom is -0.330 e. The molecule has 16 heavy (non-hydrogen) atoms. The van der Waals surface area contributed by atoms with Crippen molar-refractivity contribution in [2.75, 3.05) is 19.6 Å². The first-order chi connectivity index (χ1) is 7.77. The zero-order valence-corrected chi connectivity index (χ0v) is 11.3. The van der Waals surface area contributed by atoms with E-state index in [1.54, 1.807) is 0 Å². The quantitative estimate of drug-likeness (QED) is 0.723.